The number of piperidine rings is 1. The highest BCUT2D eigenvalue weighted by atomic mass is 32.2. The van der Waals surface area contributed by atoms with Gasteiger partial charge in [-0.2, -0.15) is 0 Å². The molecule has 2 atom stereocenters. The number of hydrogen-bond donors (Lipinski definition) is 0. The summed E-state index contributed by atoms with van der Waals surface area (Å²) in [4.78, 5) is 16.9. The number of hydrogen-bond acceptors (Lipinski definition) is 3. The largest absolute Gasteiger partial charge is 0.349 e. The van der Waals surface area contributed by atoms with Gasteiger partial charge < -0.3 is 9.80 Å². The van der Waals surface area contributed by atoms with Gasteiger partial charge in [0, 0.05) is 37.8 Å². The van der Waals surface area contributed by atoms with Crippen LogP contribution in [0.3, 0.4) is 0 Å². The van der Waals surface area contributed by atoms with Gasteiger partial charge in [0.2, 0.25) is 5.91 Å². The van der Waals surface area contributed by atoms with Gasteiger partial charge in [-0.15, -0.1) is 0 Å². The Morgan fingerprint density at radius 3 is 2.71 bits per heavy atom. The van der Waals surface area contributed by atoms with Crippen molar-refractivity contribution in [3.63, 3.8) is 0 Å². The third-order valence-corrected chi connectivity index (χ3v) is 5.25. The zero-order chi connectivity index (χ0) is 15.2. The molecule has 21 heavy (non-hydrogen) atoms. The molecule has 5 heteroatoms. The molecule has 2 rings (SSSR count). The Hall–Kier alpha value is -1.20. The van der Waals surface area contributed by atoms with Crippen molar-refractivity contribution in [2.24, 2.45) is 5.92 Å². The Morgan fingerprint density at radius 1 is 1.33 bits per heavy atom. The van der Waals surface area contributed by atoms with E-state index in [4.69, 9.17) is 0 Å². The summed E-state index contributed by atoms with van der Waals surface area (Å²) in [5.41, 5.74) is 0. The van der Waals surface area contributed by atoms with E-state index in [1.54, 1.807) is 4.90 Å². The summed E-state index contributed by atoms with van der Waals surface area (Å²) in [5.74, 6) is 0.940. The third-order valence-electron chi connectivity index (χ3n) is 3.89. The van der Waals surface area contributed by atoms with Crippen molar-refractivity contribution in [3.8, 4) is 0 Å². The molecule has 0 aromatic heterocycles. The lowest BCUT2D eigenvalue weighted by Gasteiger charge is -2.33. The van der Waals surface area contributed by atoms with E-state index in [0.717, 1.165) is 37.4 Å². The van der Waals surface area contributed by atoms with Crippen LogP contribution in [-0.4, -0.2) is 59.4 Å². The molecule has 1 amide bonds. The monoisotopic (exact) mass is 308 g/mol. The molecule has 116 valence electrons. The summed E-state index contributed by atoms with van der Waals surface area (Å²) in [7, 11) is 2.67. The number of rotatable bonds is 5. The summed E-state index contributed by atoms with van der Waals surface area (Å²) in [6.45, 7) is 2.59. The van der Waals surface area contributed by atoms with Crippen molar-refractivity contribution in [2.45, 2.75) is 17.7 Å². The fraction of sp³-hybridized carbons (Fsp3) is 0.562. The number of nitrogens with zero attached hydrogens (tertiary/aromatic N) is 2. The van der Waals surface area contributed by atoms with Crippen LogP contribution in [0.4, 0.5) is 0 Å². The molecule has 0 saturated carbocycles. The molecule has 1 aliphatic heterocycles. The molecule has 0 N–H and O–H groups in total. The van der Waals surface area contributed by atoms with E-state index in [1.165, 1.54) is 0 Å². The summed E-state index contributed by atoms with van der Waals surface area (Å²) < 4.78 is 12.2. The second kappa shape index (κ2) is 7.71. The zero-order valence-electron chi connectivity index (χ0n) is 12.8. The van der Waals surface area contributed by atoms with Crippen molar-refractivity contribution < 1.29 is 9.00 Å². The Balaban J connectivity index is 1.83. The van der Waals surface area contributed by atoms with Gasteiger partial charge in [-0.05, 0) is 31.5 Å². The molecule has 1 fully saturated rings. The molecule has 1 aromatic carbocycles. The first-order valence-electron chi connectivity index (χ1n) is 7.45. The van der Waals surface area contributed by atoms with Crippen LogP contribution in [-0.2, 0) is 15.6 Å². The van der Waals surface area contributed by atoms with Gasteiger partial charge in [0.1, 0.15) is 0 Å². The Morgan fingerprint density at radius 2 is 2.05 bits per heavy atom. The first-order valence-corrected chi connectivity index (χ1v) is 8.77. The van der Waals surface area contributed by atoms with Crippen LogP contribution in [0.2, 0.25) is 0 Å². The number of likely N-dealkylation sites (tertiary alicyclic amines) is 1. The van der Waals surface area contributed by atoms with Crippen LogP contribution < -0.4 is 0 Å². The van der Waals surface area contributed by atoms with Crippen molar-refractivity contribution in [2.75, 3.05) is 39.5 Å². The lowest BCUT2D eigenvalue weighted by Crippen LogP contribution is -2.43. The molecule has 1 aliphatic rings. The fourth-order valence-electron chi connectivity index (χ4n) is 2.73. The highest BCUT2D eigenvalue weighted by molar-refractivity contribution is 7.85. The summed E-state index contributed by atoms with van der Waals surface area (Å²) in [5, 5.41) is 0. The number of amides is 1. The van der Waals surface area contributed by atoms with Crippen LogP contribution in [0.1, 0.15) is 12.8 Å². The lowest BCUT2D eigenvalue weighted by atomic mass is 9.97. The van der Waals surface area contributed by atoms with Crippen LogP contribution >= 0.6 is 0 Å². The second-order valence-electron chi connectivity index (χ2n) is 5.74. The molecule has 1 heterocycles. The average Bonchev–Trinajstić information content (AvgIpc) is 2.53. The van der Waals surface area contributed by atoms with E-state index in [1.807, 2.05) is 44.4 Å². The Labute approximate surface area is 129 Å². The average molecular weight is 308 g/mol. The second-order valence-corrected chi connectivity index (χ2v) is 7.31. The molecule has 0 bridgehead atoms. The van der Waals surface area contributed by atoms with Gasteiger partial charge in [0.15, 0.2) is 0 Å². The molecule has 1 saturated heterocycles. The predicted molar refractivity (Wildman–Crippen MR) is 85.6 cm³/mol. The highest BCUT2D eigenvalue weighted by Gasteiger charge is 2.26. The van der Waals surface area contributed by atoms with E-state index in [9.17, 15) is 9.00 Å². The summed E-state index contributed by atoms with van der Waals surface area (Å²) in [6, 6.07) is 9.58. The molecule has 2 unspecified atom stereocenters. The lowest BCUT2D eigenvalue weighted by molar-refractivity contribution is -0.134. The van der Waals surface area contributed by atoms with Crippen LogP contribution in [0, 0.1) is 5.92 Å². The molecule has 0 spiro atoms. The van der Waals surface area contributed by atoms with E-state index in [-0.39, 0.29) is 11.8 Å². The van der Waals surface area contributed by atoms with Crippen LogP contribution in [0.15, 0.2) is 35.2 Å². The minimum atomic E-state index is -0.953. The predicted octanol–water partition coefficient (Wildman–Crippen LogP) is 1.59. The molecule has 4 nitrogen and oxygen atoms in total. The standard InChI is InChI=1S/C16H24N2O2S/c1-17(2)16(19)14-7-6-10-18(13-14)11-12-21(20)15-8-4-3-5-9-15/h3-5,8-9,14H,6-7,10-13H2,1-2H3. The SMILES string of the molecule is CN(C)C(=O)C1CCCN(CCS(=O)c2ccccc2)C1. The maximum absolute atomic E-state index is 12.2. The minimum Gasteiger partial charge on any atom is -0.349 e. The van der Waals surface area contributed by atoms with Crippen molar-refractivity contribution in [1.82, 2.24) is 9.80 Å². The first-order chi connectivity index (χ1) is 10.1. The quantitative estimate of drug-likeness (QED) is 0.829. The van der Waals surface area contributed by atoms with Gasteiger partial charge in [0.05, 0.1) is 16.7 Å². The Kier molecular flexibility index (Phi) is 5.94. The van der Waals surface area contributed by atoms with Gasteiger partial charge >= 0.3 is 0 Å². The van der Waals surface area contributed by atoms with Gasteiger partial charge in [-0.25, -0.2) is 0 Å². The van der Waals surface area contributed by atoms with Crippen LogP contribution in [0.25, 0.3) is 0 Å². The molecular formula is C16H24N2O2S. The number of carbonyl (C=O) groups is 1. The van der Waals surface area contributed by atoms with Crippen molar-refractivity contribution in [3.05, 3.63) is 30.3 Å². The van der Waals surface area contributed by atoms with E-state index < -0.39 is 10.8 Å². The molecule has 0 aliphatic carbocycles. The first kappa shape index (κ1) is 16.2. The maximum Gasteiger partial charge on any atom is 0.226 e. The van der Waals surface area contributed by atoms with Crippen LogP contribution in [0.5, 0.6) is 0 Å². The van der Waals surface area contributed by atoms with Gasteiger partial charge in [-0.1, -0.05) is 18.2 Å². The van der Waals surface area contributed by atoms with E-state index in [0.29, 0.717) is 5.75 Å². The normalized spacial score (nSPS) is 21.0. The summed E-state index contributed by atoms with van der Waals surface area (Å²) in [6.07, 6.45) is 2.01. The van der Waals surface area contributed by atoms with E-state index in [2.05, 4.69) is 4.90 Å². The Bertz CT molecular complexity index is 490. The highest BCUT2D eigenvalue weighted by Crippen LogP contribution is 2.18. The maximum atomic E-state index is 12.2. The zero-order valence-corrected chi connectivity index (χ0v) is 13.6. The smallest absolute Gasteiger partial charge is 0.226 e. The van der Waals surface area contributed by atoms with E-state index >= 15 is 0 Å². The van der Waals surface area contributed by atoms with Gasteiger partial charge in [0.25, 0.3) is 0 Å². The molecule has 1 aromatic rings. The molecular weight excluding hydrogens is 284 g/mol. The topological polar surface area (TPSA) is 40.6 Å². The number of benzene rings is 1. The fourth-order valence-corrected chi connectivity index (χ4v) is 3.85. The minimum absolute atomic E-state index is 0.0962. The number of carbonyl (C=O) groups excluding carboxylic acids is 1. The summed E-state index contributed by atoms with van der Waals surface area (Å²) >= 11 is 0. The van der Waals surface area contributed by atoms with Crippen molar-refractivity contribution in [1.29, 1.82) is 0 Å². The third kappa shape index (κ3) is 4.64. The van der Waals surface area contributed by atoms with Crippen molar-refractivity contribution >= 4 is 16.7 Å². The molecule has 0 radical (unpaired) electrons. The van der Waals surface area contributed by atoms with Gasteiger partial charge in [-0.3, -0.25) is 9.00 Å².